The molecule has 1 aliphatic rings. The summed E-state index contributed by atoms with van der Waals surface area (Å²) in [5.41, 5.74) is 2.90. The second-order valence-corrected chi connectivity index (χ2v) is 2.37. The molecule has 0 saturated heterocycles. The Hall–Kier alpha value is -1.24. The minimum Gasteiger partial charge on any atom is -0.278 e. The number of rotatable bonds is 1. The lowest BCUT2D eigenvalue weighted by molar-refractivity contribution is 0.602. The van der Waals surface area contributed by atoms with Crippen molar-refractivity contribution in [2.24, 2.45) is 0 Å². The number of aromatic nitrogens is 4. The van der Waals surface area contributed by atoms with E-state index in [9.17, 15) is 0 Å². The van der Waals surface area contributed by atoms with Gasteiger partial charge in [-0.2, -0.15) is 0 Å². The van der Waals surface area contributed by atoms with E-state index in [4.69, 9.17) is 0 Å². The monoisotopic (exact) mass is 156 g/mol. The minimum absolute atomic E-state index is 1.46. The van der Waals surface area contributed by atoms with Crippen LogP contribution < -0.4 is 9.95 Å². The van der Waals surface area contributed by atoms with E-state index in [0.29, 0.717) is 0 Å². The third kappa shape index (κ3) is 0.798. The predicted molar refractivity (Wildman–Crippen MR) is 35.9 cm³/mol. The summed E-state index contributed by atoms with van der Waals surface area (Å²) in [7, 11) is 0. The van der Waals surface area contributed by atoms with Gasteiger partial charge in [-0.25, -0.2) is 0 Å². The zero-order valence-electron chi connectivity index (χ0n) is 4.88. The van der Waals surface area contributed by atoms with Crippen LogP contribution >= 0.6 is 11.9 Å². The lowest BCUT2D eigenvalue weighted by atomic mass is 11.1. The van der Waals surface area contributed by atoms with Gasteiger partial charge in [0.15, 0.2) is 6.33 Å². The molecule has 0 aliphatic carbocycles. The van der Waals surface area contributed by atoms with E-state index in [1.165, 1.54) is 23.1 Å². The molecule has 0 unspecified atom stereocenters. The SMILES string of the molecule is C1=CSN(n2cnnn2)N1. The molecule has 6 nitrogen and oxygen atoms in total. The van der Waals surface area contributed by atoms with Crippen molar-refractivity contribution < 1.29 is 0 Å². The van der Waals surface area contributed by atoms with Crippen LogP contribution in [0.2, 0.25) is 0 Å². The Bertz CT molecular complexity index is 221. The minimum atomic E-state index is 1.46. The zero-order chi connectivity index (χ0) is 6.81. The molecule has 0 fully saturated rings. The lowest BCUT2D eigenvalue weighted by Crippen LogP contribution is -2.34. The number of hydrogen-bond acceptors (Lipinski definition) is 6. The Morgan fingerprint density at radius 3 is 3.10 bits per heavy atom. The van der Waals surface area contributed by atoms with E-state index >= 15 is 0 Å². The Morgan fingerprint density at radius 1 is 1.50 bits per heavy atom. The van der Waals surface area contributed by atoms with Gasteiger partial charge in [-0.1, -0.05) is 0 Å². The molecular weight excluding hydrogens is 152 g/mol. The highest BCUT2D eigenvalue weighted by atomic mass is 32.2. The average Bonchev–Trinajstić information content (AvgIpc) is 2.59. The van der Waals surface area contributed by atoms with Gasteiger partial charge in [-0.15, -0.1) is 14.4 Å². The summed E-state index contributed by atoms with van der Waals surface area (Å²) in [5, 5.41) is 12.5. The van der Waals surface area contributed by atoms with Gasteiger partial charge in [0.2, 0.25) is 0 Å². The van der Waals surface area contributed by atoms with Crippen LogP contribution in [0.1, 0.15) is 0 Å². The molecule has 1 aliphatic heterocycles. The van der Waals surface area contributed by atoms with E-state index < -0.39 is 0 Å². The molecule has 1 aromatic rings. The van der Waals surface area contributed by atoms with Crippen LogP contribution in [0.4, 0.5) is 0 Å². The molecule has 52 valence electrons. The van der Waals surface area contributed by atoms with E-state index in [2.05, 4.69) is 21.0 Å². The third-order valence-corrected chi connectivity index (χ3v) is 1.67. The highest BCUT2D eigenvalue weighted by molar-refractivity contribution is 8.03. The largest absolute Gasteiger partial charge is 0.278 e. The Morgan fingerprint density at radius 2 is 2.50 bits per heavy atom. The van der Waals surface area contributed by atoms with E-state index in [1.807, 2.05) is 5.41 Å². The standard InChI is InChI=1S/C3H4N6S/c1-2-10-9(5-1)8-3-4-6-7-8/h1-3,5H. The molecule has 0 atom stereocenters. The second-order valence-electron chi connectivity index (χ2n) is 1.54. The molecule has 1 N–H and O–H groups in total. The number of hydrazine groups is 1. The van der Waals surface area contributed by atoms with Gasteiger partial charge >= 0.3 is 0 Å². The molecule has 0 radical (unpaired) electrons. The quantitative estimate of drug-likeness (QED) is 0.540. The van der Waals surface area contributed by atoms with Gasteiger partial charge in [-0.3, -0.25) is 5.43 Å². The van der Waals surface area contributed by atoms with E-state index in [0.717, 1.165) is 0 Å². The number of nitrogens with zero attached hydrogens (tertiary/aromatic N) is 5. The van der Waals surface area contributed by atoms with Crippen LogP contribution in [-0.4, -0.2) is 20.3 Å². The van der Waals surface area contributed by atoms with Crippen molar-refractivity contribution in [3.05, 3.63) is 17.9 Å². The van der Waals surface area contributed by atoms with Crippen LogP contribution in [0.5, 0.6) is 0 Å². The first kappa shape index (κ1) is 5.54. The molecule has 2 rings (SSSR count). The van der Waals surface area contributed by atoms with Gasteiger partial charge in [0.05, 0.1) is 0 Å². The molecule has 0 saturated carbocycles. The second kappa shape index (κ2) is 2.18. The van der Waals surface area contributed by atoms with Crippen molar-refractivity contribution in [1.29, 1.82) is 0 Å². The fourth-order valence-corrected chi connectivity index (χ4v) is 1.09. The van der Waals surface area contributed by atoms with Crippen molar-refractivity contribution in [2.45, 2.75) is 0 Å². The average molecular weight is 156 g/mol. The molecule has 7 heteroatoms. The van der Waals surface area contributed by atoms with E-state index in [-0.39, 0.29) is 0 Å². The lowest BCUT2D eigenvalue weighted by Gasteiger charge is -2.12. The van der Waals surface area contributed by atoms with Gasteiger partial charge in [0.1, 0.15) is 0 Å². The number of hydrogen-bond donors (Lipinski definition) is 1. The highest BCUT2D eigenvalue weighted by Gasteiger charge is 2.06. The topological polar surface area (TPSA) is 58.9 Å². The normalized spacial score (nSPS) is 15.8. The summed E-state index contributed by atoms with van der Waals surface area (Å²) in [5.74, 6) is 0. The fourth-order valence-electron chi connectivity index (χ4n) is 0.560. The van der Waals surface area contributed by atoms with Crippen molar-refractivity contribution in [3.63, 3.8) is 0 Å². The molecule has 2 heterocycles. The molecule has 0 spiro atoms. The summed E-state index contributed by atoms with van der Waals surface area (Å²) in [4.78, 5) is 1.49. The van der Waals surface area contributed by atoms with Crippen molar-refractivity contribution in [3.8, 4) is 0 Å². The van der Waals surface area contributed by atoms with Gasteiger partial charge in [0, 0.05) is 23.6 Å². The van der Waals surface area contributed by atoms with Crippen LogP contribution in [-0.2, 0) is 0 Å². The molecular formula is C3H4N6S. The first-order valence-electron chi connectivity index (χ1n) is 2.58. The van der Waals surface area contributed by atoms with Crippen LogP contribution in [0.15, 0.2) is 17.9 Å². The number of tetrazole rings is 1. The molecule has 1 aromatic heterocycles. The van der Waals surface area contributed by atoms with Crippen molar-refractivity contribution in [1.82, 2.24) is 25.7 Å². The van der Waals surface area contributed by atoms with Gasteiger partial charge < -0.3 is 0 Å². The maximum atomic E-state index is 3.66. The summed E-state index contributed by atoms with van der Waals surface area (Å²) in [6.07, 6.45) is 3.30. The summed E-state index contributed by atoms with van der Waals surface area (Å²) < 4.78 is 1.68. The highest BCUT2D eigenvalue weighted by Crippen LogP contribution is 2.09. The maximum Gasteiger partial charge on any atom is 0.164 e. The van der Waals surface area contributed by atoms with Gasteiger partial charge in [0.25, 0.3) is 0 Å². The molecule has 0 bridgehead atoms. The van der Waals surface area contributed by atoms with Crippen molar-refractivity contribution in [2.75, 3.05) is 4.52 Å². The Kier molecular flexibility index (Phi) is 1.21. The van der Waals surface area contributed by atoms with Crippen molar-refractivity contribution >= 4 is 11.9 Å². The number of nitrogens with one attached hydrogen (secondary N) is 1. The summed E-state index contributed by atoms with van der Waals surface area (Å²) in [6.45, 7) is 0. The first-order chi connectivity index (χ1) is 4.97. The smallest absolute Gasteiger partial charge is 0.164 e. The fraction of sp³-hybridized carbons (Fsp3) is 0. The third-order valence-electron chi connectivity index (χ3n) is 0.938. The summed E-state index contributed by atoms with van der Waals surface area (Å²) >= 11 is 1.46. The van der Waals surface area contributed by atoms with E-state index in [1.54, 1.807) is 10.7 Å². The molecule has 10 heavy (non-hydrogen) atoms. The Labute approximate surface area is 61.0 Å². The zero-order valence-corrected chi connectivity index (χ0v) is 5.69. The predicted octanol–water partition coefficient (Wildman–Crippen LogP) is -0.751. The van der Waals surface area contributed by atoms with Crippen LogP contribution in [0.3, 0.4) is 0 Å². The Balaban J connectivity index is 2.14. The van der Waals surface area contributed by atoms with Gasteiger partial charge in [-0.05, 0) is 10.4 Å². The maximum absolute atomic E-state index is 3.66. The molecule has 0 amide bonds. The van der Waals surface area contributed by atoms with Crippen LogP contribution in [0, 0.1) is 0 Å². The van der Waals surface area contributed by atoms with Crippen LogP contribution in [0.25, 0.3) is 0 Å². The first-order valence-corrected chi connectivity index (χ1v) is 3.42. The molecule has 0 aromatic carbocycles. The summed E-state index contributed by atoms with van der Waals surface area (Å²) in [6, 6.07) is 0.